The minimum absolute atomic E-state index is 0.569. The first-order chi connectivity index (χ1) is 9.49. The number of hydrogen-bond donors (Lipinski definition) is 1. The van der Waals surface area contributed by atoms with E-state index >= 15 is 0 Å². The molecule has 0 spiro atoms. The molecule has 1 aromatic carbocycles. The van der Waals surface area contributed by atoms with Crippen LogP contribution in [0.25, 0.3) is 11.4 Å². The number of anilines is 1. The minimum Gasteiger partial charge on any atom is -0.373 e. The van der Waals surface area contributed by atoms with Crippen molar-refractivity contribution in [1.29, 1.82) is 0 Å². The molecule has 1 N–H and O–H groups in total. The highest BCUT2D eigenvalue weighted by atomic mass is 79.9. The fourth-order valence-electron chi connectivity index (χ4n) is 1.91. The van der Waals surface area contributed by atoms with Crippen LogP contribution in [0.4, 0.5) is 5.82 Å². The molecular formula is C15H17Br2N3. The van der Waals surface area contributed by atoms with Crippen molar-refractivity contribution in [2.75, 3.05) is 12.4 Å². The van der Waals surface area contributed by atoms with Crippen LogP contribution < -0.4 is 5.32 Å². The number of nitrogens with one attached hydrogen (secondary N) is 1. The number of halogens is 2. The molecule has 3 nitrogen and oxygen atoms in total. The van der Waals surface area contributed by atoms with Crippen molar-refractivity contribution in [2.24, 2.45) is 5.92 Å². The van der Waals surface area contributed by atoms with Gasteiger partial charge in [0.05, 0.1) is 0 Å². The molecule has 0 amide bonds. The van der Waals surface area contributed by atoms with Crippen molar-refractivity contribution in [2.45, 2.75) is 20.3 Å². The van der Waals surface area contributed by atoms with Crippen LogP contribution in [0.1, 0.15) is 19.5 Å². The van der Waals surface area contributed by atoms with Crippen molar-refractivity contribution in [3.05, 3.63) is 38.9 Å². The zero-order valence-electron chi connectivity index (χ0n) is 11.7. The van der Waals surface area contributed by atoms with Crippen LogP contribution in [-0.2, 0) is 6.42 Å². The molecule has 0 saturated heterocycles. The Morgan fingerprint density at radius 2 is 1.85 bits per heavy atom. The Morgan fingerprint density at radius 1 is 1.10 bits per heavy atom. The van der Waals surface area contributed by atoms with Gasteiger partial charge in [0.15, 0.2) is 5.82 Å². The fraction of sp³-hybridized carbons (Fsp3) is 0.333. The lowest BCUT2D eigenvalue weighted by molar-refractivity contribution is 0.635. The predicted octanol–water partition coefficient (Wildman–Crippen LogP) is 4.91. The first kappa shape index (κ1) is 15.4. The molecule has 106 valence electrons. The first-order valence-electron chi connectivity index (χ1n) is 6.50. The van der Waals surface area contributed by atoms with E-state index in [2.05, 4.69) is 61.0 Å². The van der Waals surface area contributed by atoms with Crippen LogP contribution in [0.2, 0.25) is 0 Å². The summed E-state index contributed by atoms with van der Waals surface area (Å²) in [5.41, 5.74) is 2.07. The van der Waals surface area contributed by atoms with Gasteiger partial charge in [-0.15, -0.1) is 0 Å². The third kappa shape index (κ3) is 3.79. The lowest BCUT2D eigenvalue weighted by Gasteiger charge is -2.10. The lowest BCUT2D eigenvalue weighted by Crippen LogP contribution is -2.03. The van der Waals surface area contributed by atoms with Crippen molar-refractivity contribution in [3.63, 3.8) is 0 Å². The maximum absolute atomic E-state index is 4.68. The topological polar surface area (TPSA) is 37.8 Å². The Labute approximate surface area is 136 Å². The molecule has 0 aliphatic carbocycles. The number of benzene rings is 1. The molecule has 0 aliphatic rings. The van der Waals surface area contributed by atoms with E-state index in [9.17, 15) is 0 Å². The normalized spacial score (nSPS) is 10.9. The smallest absolute Gasteiger partial charge is 0.161 e. The molecule has 0 aliphatic heterocycles. The summed E-state index contributed by atoms with van der Waals surface area (Å²) in [6.07, 6.45) is 0.946. The Hall–Kier alpha value is -0.940. The van der Waals surface area contributed by atoms with Crippen molar-refractivity contribution >= 4 is 37.7 Å². The van der Waals surface area contributed by atoms with Crippen LogP contribution >= 0.6 is 31.9 Å². The lowest BCUT2D eigenvalue weighted by atomic mass is 10.1. The number of aromatic nitrogens is 2. The molecule has 1 aromatic heterocycles. The van der Waals surface area contributed by atoms with Crippen molar-refractivity contribution in [1.82, 2.24) is 9.97 Å². The molecule has 0 unspecified atom stereocenters. The summed E-state index contributed by atoms with van der Waals surface area (Å²) in [6, 6.07) is 8.05. The van der Waals surface area contributed by atoms with E-state index in [1.807, 2.05) is 31.3 Å². The van der Waals surface area contributed by atoms with Gasteiger partial charge < -0.3 is 5.32 Å². The summed E-state index contributed by atoms with van der Waals surface area (Å²) in [6.45, 7) is 4.38. The largest absolute Gasteiger partial charge is 0.373 e. The van der Waals surface area contributed by atoms with Crippen molar-refractivity contribution < 1.29 is 0 Å². The van der Waals surface area contributed by atoms with Crippen LogP contribution in [0.15, 0.2) is 33.2 Å². The highest BCUT2D eigenvalue weighted by Crippen LogP contribution is 2.28. The molecule has 0 bridgehead atoms. The summed E-state index contributed by atoms with van der Waals surface area (Å²) in [5, 5.41) is 3.10. The number of nitrogens with zero attached hydrogens (tertiary/aromatic N) is 2. The van der Waals surface area contributed by atoms with E-state index in [0.717, 1.165) is 38.3 Å². The molecule has 2 aromatic rings. The second-order valence-corrected chi connectivity index (χ2v) is 6.75. The van der Waals surface area contributed by atoms with E-state index in [1.54, 1.807) is 0 Å². The fourth-order valence-corrected chi connectivity index (χ4v) is 2.54. The first-order valence-corrected chi connectivity index (χ1v) is 8.09. The summed E-state index contributed by atoms with van der Waals surface area (Å²) in [7, 11) is 1.88. The van der Waals surface area contributed by atoms with Gasteiger partial charge in [0.1, 0.15) is 5.82 Å². The van der Waals surface area contributed by atoms with E-state index in [4.69, 9.17) is 0 Å². The van der Waals surface area contributed by atoms with Crippen LogP contribution in [-0.4, -0.2) is 17.0 Å². The van der Waals surface area contributed by atoms with Gasteiger partial charge in [-0.1, -0.05) is 13.8 Å². The third-order valence-corrected chi connectivity index (χ3v) is 4.71. The van der Waals surface area contributed by atoms with Crippen LogP contribution in [0.3, 0.4) is 0 Å². The Balaban J connectivity index is 2.46. The maximum atomic E-state index is 4.68. The Bertz CT molecular complexity index is 612. The quantitative estimate of drug-likeness (QED) is 0.794. The van der Waals surface area contributed by atoms with E-state index in [-0.39, 0.29) is 0 Å². The second kappa shape index (κ2) is 6.68. The molecule has 20 heavy (non-hydrogen) atoms. The molecule has 0 saturated carbocycles. The zero-order chi connectivity index (χ0) is 14.7. The summed E-state index contributed by atoms with van der Waals surface area (Å²) < 4.78 is 2.02. The van der Waals surface area contributed by atoms with Gasteiger partial charge in [0.2, 0.25) is 0 Å². The second-order valence-electron chi connectivity index (χ2n) is 5.04. The zero-order valence-corrected chi connectivity index (χ0v) is 14.9. The Kier molecular flexibility index (Phi) is 5.16. The molecule has 5 heteroatoms. The van der Waals surface area contributed by atoms with Gasteiger partial charge in [0, 0.05) is 33.3 Å². The van der Waals surface area contributed by atoms with E-state index in [0.29, 0.717) is 5.92 Å². The molecule has 0 atom stereocenters. The molecule has 1 heterocycles. The van der Waals surface area contributed by atoms with Gasteiger partial charge in [-0.05, 0) is 62.4 Å². The van der Waals surface area contributed by atoms with Gasteiger partial charge in [-0.3, -0.25) is 0 Å². The number of hydrogen-bond acceptors (Lipinski definition) is 3. The minimum atomic E-state index is 0.569. The highest BCUT2D eigenvalue weighted by Gasteiger charge is 2.09. The maximum Gasteiger partial charge on any atom is 0.161 e. The van der Waals surface area contributed by atoms with Gasteiger partial charge >= 0.3 is 0 Å². The van der Waals surface area contributed by atoms with Crippen LogP contribution in [0, 0.1) is 5.92 Å². The van der Waals surface area contributed by atoms with E-state index in [1.165, 1.54) is 0 Å². The monoisotopic (exact) mass is 397 g/mol. The summed E-state index contributed by atoms with van der Waals surface area (Å²) >= 11 is 7.00. The van der Waals surface area contributed by atoms with Crippen LogP contribution in [0.5, 0.6) is 0 Å². The number of rotatable bonds is 4. The Morgan fingerprint density at radius 3 is 2.45 bits per heavy atom. The molecule has 0 radical (unpaired) electrons. The average molecular weight is 399 g/mol. The third-order valence-electron chi connectivity index (χ3n) is 2.83. The van der Waals surface area contributed by atoms with Gasteiger partial charge in [0.25, 0.3) is 0 Å². The summed E-state index contributed by atoms with van der Waals surface area (Å²) in [4.78, 5) is 9.22. The SMILES string of the molecule is CNc1cc(CC(C)C)nc(-c2ccc(Br)c(Br)c2)n1. The average Bonchev–Trinajstić information content (AvgIpc) is 2.40. The predicted molar refractivity (Wildman–Crippen MR) is 91.0 cm³/mol. The molecule has 2 rings (SSSR count). The van der Waals surface area contributed by atoms with E-state index < -0.39 is 0 Å². The molecule has 0 fully saturated rings. The summed E-state index contributed by atoms with van der Waals surface area (Å²) in [5.74, 6) is 2.17. The standard InChI is InChI=1S/C15H17Br2N3/c1-9(2)6-11-8-14(18-3)20-15(19-11)10-4-5-12(16)13(17)7-10/h4-5,7-9H,6H2,1-3H3,(H,18,19,20). The highest BCUT2D eigenvalue weighted by molar-refractivity contribution is 9.13. The van der Waals surface area contributed by atoms with Gasteiger partial charge in [-0.25, -0.2) is 9.97 Å². The van der Waals surface area contributed by atoms with Crippen molar-refractivity contribution in [3.8, 4) is 11.4 Å². The van der Waals surface area contributed by atoms with Gasteiger partial charge in [-0.2, -0.15) is 0 Å². The molecular weight excluding hydrogens is 382 g/mol.